The number of hydrazine groups is 1. The Morgan fingerprint density at radius 1 is 1.17 bits per heavy atom. The van der Waals surface area contributed by atoms with Crippen molar-refractivity contribution in [2.24, 2.45) is 11.8 Å². The van der Waals surface area contributed by atoms with Crippen LogP contribution in [0.1, 0.15) is 19.8 Å². The number of nitrogens with one attached hydrogen (secondary N) is 3. The molecule has 23 heavy (non-hydrogen) atoms. The number of aromatic nitrogens is 1. The van der Waals surface area contributed by atoms with E-state index in [1.165, 1.54) is 0 Å². The zero-order valence-corrected chi connectivity index (χ0v) is 12.1. The van der Waals surface area contributed by atoms with Crippen LogP contribution in [-0.4, -0.2) is 23.3 Å². The maximum Gasteiger partial charge on any atom is 0.254 e. The van der Waals surface area contributed by atoms with Crippen LogP contribution in [0, 0.1) is 35.4 Å². The fraction of sp³-hybridized carbons (Fsp3) is 0.462. The van der Waals surface area contributed by atoms with Crippen LogP contribution in [0.25, 0.3) is 0 Å². The monoisotopic (exact) mass is 334 g/mol. The second-order valence-corrected chi connectivity index (χ2v) is 5.23. The third-order valence-electron chi connectivity index (χ3n) is 3.42. The molecule has 0 aliphatic heterocycles. The van der Waals surface area contributed by atoms with Crippen molar-refractivity contribution in [1.29, 1.82) is 0 Å². The fourth-order valence-corrected chi connectivity index (χ4v) is 1.91. The molecule has 1 aromatic rings. The summed E-state index contributed by atoms with van der Waals surface area (Å²) < 4.78 is 52.2. The van der Waals surface area contributed by atoms with Crippen LogP contribution in [0.3, 0.4) is 0 Å². The molecule has 0 radical (unpaired) electrons. The fourth-order valence-electron chi connectivity index (χ4n) is 1.91. The molecule has 1 saturated carbocycles. The largest absolute Gasteiger partial charge is 0.355 e. The van der Waals surface area contributed by atoms with E-state index < -0.39 is 35.1 Å². The van der Waals surface area contributed by atoms with Gasteiger partial charge in [0.25, 0.3) is 11.9 Å². The van der Waals surface area contributed by atoms with Crippen LogP contribution < -0.4 is 16.2 Å². The molecule has 1 fully saturated rings. The van der Waals surface area contributed by atoms with Gasteiger partial charge in [-0.15, -0.1) is 0 Å². The molecule has 0 bridgehead atoms. The zero-order chi connectivity index (χ0) is 17.1. The number of hydrogen-bond donors (Lipinski definition) is 3. The molecule has 1 aromatic heterocycles. The van der Waals surface area contributed by atoms with E-state index in [2.05, 4.69) is 10.3 Å². The van der Waals surface area contributed by atoms with Crippen molar-refractivity contribution in [3.8, 4) is 0 Å². The number of carbonyl (C=O) groups is 2. The van der Waals surface area contributed by atoms with Crippen LogP contribution >= 0.6 is 0 Å². The van der Waals surface area contributed by atoms with Crippen LogP contribution in [-0.2, 0) is 9.59 Å². The van der Waals surface area contributed by atoms with Crippen molar-refractivity contribution in [3.63, 3.8) is 0 Å². The number of hydrogen-bond acceptors (Lipinski definition) is 4. The molecule has 2 rings (SSSR count). The first kappa shape index (κ1) is 17.0. The molecule has 1 aliphatic rings. The number of anilines is 1. The summed E-state index contributed by atoms with van der Waals surface area (Å²) in [6, 6.07) is 0. The number of nitrogens with zero attached hydrogens (tertiary/aromatic N) is 1. The second kappa shape index (κ2) is 6.80. The van der Waals surface area contributed by atoms with E-state index in [0.717, 1.165) is 6.42 Å². The molecule has 3 N–H and O–H groups in total. The lowest BCUT2D eigenvalue weighted by Gasteiger charge is -2.11. The highest BCUT2D eigenvalue weighted by molar-refractivity contribution is 5.82. The average molecular weight is 334 g/mol. The zero-order valence-electron chi connectivity index (χ0n) is 12.1. The summed E-state index contributed by atoms with van der Waals surface area (Å²) in [5.41, 5.74) is 2.45. The normalized spacial score (nSPS) is 19.2. The lowest BCUT2D eigenvalue weighted by Crippen LogP contribution is -2.35. The van der Waals surface area contributed by atoms with Crippen LogP contribution in [0.2, 0.25) is 0 Å². The Morgan fingerprint density at radius 2 is 1.74 bits per heavy atom. The molecule has 2 amide bonds. The second-order valence-electron chi connectivity index (χ2n) is 5.23. The number of rotatable bonds is 6. The summed E-state index contributed by atoms with van der Waals surface area (Å²) in [5, 5.41) is 2.54. The quantitative estimate of drug-likeness (QED) is 0.415. The lowest BCUT2D eigenvalue weighted by molar-refractivity contribution is -0.123. The molecule has 1 aliphatic carbocycles. The first-order valence-electron chi connectivity index (χ1n) is 6.83. The maximum atomic E-state index is 13.3. The van der Waals surface area contributed by atoms with Crippen LogP contribution in [0.15, 0.2) is 0 Å². The summed E-state index contributed by atoms with van der Waals surface area (Å²) in [4.78, 5) is 25.3. The van der Waals surface area contributed by atoms with Crippen molar-refractivity contribution in [1.82, 2.24) is 15.7 Å². The molecule has 0 spiro atoms. The van der Waals surface area contributed by atoms with Crippen LogP contribution in [0.4, 0.5) is 23.2 Å². The molecular weight excluding hydrogens is 320 g/mol. The van der Waals surface area contributed by atoms with Gasteiger partial charge >= 0.3 is 0 Å². The molecule has 126 valence electrons. The van der Waals surface area contributed by atoms with E-state index in [4.69, 9.17) is 0 Å². The Bertz CT molecular complexity index is 615. The number of pyridine rings is 1. The Hall–Kier alpha value is -2.39. The summed E-state index contributed by atoms with van der Waals surface area (Å²) >= 11 is 0. The van der Waals surface area contributed by atoms with Gasteiger partial charge in [-0.2, -0.15) is 22.5 Å². The summed E-state index contributed by atoms with van der Waals surface area (Å²) in [6.07, 6.45) is 0.621. The minimum atomic E-state index is -1.84. The Labute approximate surface area is 128 Å². The molecule has 2 atom stereocenters. The standard InChI is InChI=1S/C13H14F4N4O2/c1-5-4-6(5)13(23)18-3-2-7(22)20-21-10-8(14)11(16)19-12(17)9(10)15/h5-6H,2-4H2,1H3,(H,18,23)(H,19,21)(H,20,22). The van der Waals surface area contributed by atoms with Crippen molar-refractivity contribution in [3.05, 3.63) is 23.5 Å². The third-order valence-corrected chi connectivity index (χ3v) is 3.42. The topological polar surface area (TPSA) is 83.1 Å². The van der Waals surface area contributed by atoms with E-state index in [0.29, 0.717) is 5.92 Å². The van der Waals surface area contributed by atoms with E-state index in [1.807, 2.05) is 12.3 Å². The molecule has 0 aromatic carbocycles. The molecular formula is C13H14F4N4O2. The van der Waals surface area contributed by atoms with Gasteiger partial charge in [0.1, 0.15) is 5.69 Å². The predicted molar refractivity (Wildman–Crippen MR) is 70.7 cm³/mol. The molecule has 0 saturated heterocycles. The summed E-state index contributed by atoms with van der Waals surface area (Å²) in [5.74, 6) is -7.81. The Morgan fingerprint density at radius 3 is 2.26 bits per heavy atom. The van der Waals surface area contributed by atoms with E-state index in [1.54, 1.807) is 5.43 Å². The summed E-state index contributed by atoms with van der Waals surface area (Å²) in [6.45, 7) is 1.95. The molecule has 1 heterocycles. The van der Waals surface area contributed by atoms with Crippen molar-refractivity contribution >= 4 is 17.5 Å². The smallest absolute Gasteiger partial charge is 0.254 e. The lowest BCUT2D eigenvalue weighted by atomic mass is 10.3. The average Bonchev–Trinajstić information content (AvgIpc) is 3.22. The highest BCUT2D eigenvalue weighted by Gasteiger charge is 2.38. The van der Waals surface area contributed by atoms with Crippen LogP contribution in [0.5, 0.6) is 0 Å². The number of halogens is 4. The maximum absolute atomic E-state index is 13.3. The molecule has 6 nitrogen and oxygen atoms in total. The first-order valence-corrected chi connectivity index (χ1v) is 6.83. The summed E-state index contributed by atoms with van der Waals surface area (Å²) in [7, 11) is 0. The predicted octanol–water partition coefficient (Wildman–Crippen LogP) is 1.24. The minimum absolute atomic E-state index is 0.0274. The Balaban J connectivity index is 1.79. The SMILES string of the molecule is CC1CC1C(=O)NCCC(=O)NNc1c(F)c(F)nc(F)c1F. The minimum Gasteiger partial charge on any atom is -0.355 e. The Kier molecular flexibility index (Phi) is 5.02. The van der Waals surface area contributed by atoms with Crippen molar-refractivity contribution < 1.29 is 27.2 Å². The van der Waals surface area contributed by atoms with Gasteiger partial charge in [-0.05, 0) is 12.3 Å². The first-order chi connectivity index (χ1) is 10.8. The van der Waals surface area contributed by atoms with Gasteiger partial charge in [0.2, 0.25) is 23.4 Å². The van der Waals surface area contributed by atoms with Gasteiger partial charge in [-0.1, -0.05) is 6.92 Å². The highest BCUT2D eigenvalue weighted by Crippen LogP contribution is 2.37. The van der Waals surface area contributed by atoms with Gasteiger partial charge in [0, 0.05) is 18.9 Å². The van der Waals surface area contributed by atoms with Gasteiger partial charge in [0.15, 0.2) is 0 Å². The molecule has 2 unspecified atom stereocenters. The molecule has 10 heteroatoms. The highest BCUT2D eigenvalue weighted by atomic mass is 19.2. The van der Waals surface area contributed by atoms with Gasteiger partial charge in [-0.3, -0.25) is 20.4 Å². The van der Waals surface area contributed by atoms with Crippen molar-refractivity contribution in [2.75, 3.05) is 12.0 Å². The van der Waals surface area contributed by atoms with E-state index >= 15 is 0 Å². The van der Waals surface area contributed by atoms with Crippen molar-refractivity contribution in [2.45, 2.75) is 19.8 Å². The van der Waals surface area contributed by atoms with Gasteiger partial charge < -0.3 is 5.32 Å². The van der Waals surface area contributed by atoms with E-state index in [9.17, 15) is 27.2 Å². The third kappa shape index (κ3) is 4.08. The number of carbonyl (C=O) groups excluding carboxylic acids is 2. The number of amides is 2. The van der Waals surface area contributed by atoms with E-state index in [-0.39, 0.29) is 24.8 Å². The van der Waals surface area contributed by atoms with Gasteiger partial charge in [0.05, 0.1) is 0 Å². The van der Waals surface area contributed by atoms with Gasteiger partial charge in [-0.25, -0.2) is 0 Å².